The van der Waals surface area contributed by atoms with Crippen molar-refractivity contribution in [2.24, 2.45) is 5.92 Å². The quantitative estimate of drug-likeness (QED) is 0.510. The van der Waals surface area contributed by atoms with Crippen LogP contribution in [0.1, 0.15) is 40.5 Å². The lowest BCUT2D eigenvalue weighted by atomic mass is 9.81. The third-order valence-corrected chi connectivity index (χ3v) is 3.76. The molecule has 2 atom stereocenters. The number of rotatable bonds is 6. The van der Waals surface area contributed by atoms with Gasteiger partial charge in [0.1, 0.15) is 5.57 Å². The number of carbonyl (C=O) groups excluding carboxylic acids is 2. The first-order valence-corrected chi connectivity index (χ1v) is 7.27. The molecule has 3 N–H and O–H groups in total. The summed E-state index contributed by atoms with van der Waals surface area (Å²) in [6, 6.07) is 0. The molecule has 0 saturated carbocycles. The molecule has 0 fully saturated rings. The van der Waals surface area contributed by atoms with Gasteiger partial charge < -0.3 is 15.3 Å². The average Bonchev–Trinajstić information content (AvgIpc) is 2.62. The summed E-state index contributed by atoms with van der Waals surface area (Å²) in [5.74, 6) is -5.77. The summed E-state index contributed by atoms with van der Waals surface area (Å²) in [6.07, 6.45) is 2.95. The van der Waals surface area contributed by atoms with Crippen LogP contribution in [0.2, 0.25) is 0 Å². The van der Waals surface area contributed by atoms with E-state index in [0.29, 0.717) is 0 Å². The Hall–Kier alpha value is -2.21. The van der Waals surface area contributed by atoms with Crippen LogP contribution in [0.3, 0.4) is 0 Å². The van der Waals surface area contributed by atoms with Gasteiger partial charge in [0.25, 0.3) is 0 Å². The van der Waals surface area contributed by atoms with E-state index in [2.05, 4.69) is 0 Å². The summed E-state index contributed by atoms with van der Waals surface area (Å²) in [4.78, 5) is 35.9. The molecule has 6 heteroatoms. The van der Waals surface area contributed by atoms with E-state index in [1.807, 2.05) is 0 Å². The van der Waals surface area contributed by atoms with Gasteiger partial charge in [-0.3, -0.25) is 9.59 Å². The Bertz CT molecular complexity index is 629. The van der Waals surface area contributed by atoms with Crippen molar-refractivity contribution in [3.8, 4) is 0 Å². The van der Waals surface area contributed by atoms with E-state index in [1.165, 1.54) is 0 Å². The zero-order valence-electron chi connectivity index (χ0n) is 13.7. The van der Waals surface area contributed by atoms with E-state index in [9.17, 15) is 24.6 Å². The van der Waals surface area contributed by atoms with Crippen molar-refractivity contribution in [1.82, 2.24) is 0 Å². The number of aliphatic carboxylic acids is 1. The Balaban J connectivity index is 3.36. The molecule has 0 aliphatic heterocycles. The number of hydrogen-bond acceptors (Lipinski definition) is 5. The van der Waals surface area contributed by atoms with E-state index >= 15 is 0 Å². The van der Waals surface area contributed by atoms with Crippen LogP contribution in [-0.4, -0.2) is 38.5 Å². The maximum absolute atomic E-state index is 12.4. The highest BCUT2D eigenvalue weighted by molar-refractivity contribution is 6.23. The van der Waals surface area contributed by atoms with Crippen LogP contribution in [0, 0.1) is 5.92 Å². The largest absolute Gasteiger partial charge is 0.508 e. The Morgan fingerprint density at radius 3 is 2.09 bits per heavy atom. The summed E-state index contributed by atoms with van der Waals surface area (Å²) in [6.45, 7) is 7.07. The third-order valence-electron chi connectivity index (χ3n) is 3.76. The summed E-state index contributed by atoms with van der Waals surface area (Å²) in [7, 11) is 0. The fraction of sp³-hybridized carbons (Fsp3) is 0.471. The van der Waals surface area contributed by atoms with Crippen LogP contribution in [0.15, 0.2) is 34.6 Å². The molecule has 0 spiro atoms. The maximum atomic E-state index is 12.4. The van der Waals surface area contributed by atoms with Gasteiger partial charge >= 0.3 is 5.97 Å². The van der Waals surface area contributed by atoms with Gasteiger partial charge in [-0.25, -0.2) is 4.79 Å². The lowest BCUT2D eigenvalue weighted by Gasteiger charge is -2.27. The molecule has 0 amide bonds. The summed E-state index contributed by atoms with van der Waals surface area (Å²) in [5.41, 5.74) is -1.73. The number of hydrogen-bond donors (Lipinski definition) is 3. The van der Waals surface area contributed by atoms with E-state index < -0.39 is 40.4 Å². The summed E-state index contributed by atoms with van der Waals surface area (Å²) >= 11 is 0. The molecule has 0 heterocycles. The molecule has 0 aromatic heterocycles. The molecular formula is C17H22O6. The molecule has 23 heavy (non-hydrogen) atoms. The monoisotopic (exact) mass is 322 g/mol. The average molecular weight is 322 g/mol. The summed E-state index contributed by atoms with van der Waals surface area (Å²) in [5, 5.41) is 29.9. The second kappa shape index (κ2) is 6.91. The SMILES string of the molecule is CC(C)=CCC(=O)[C@]1(O)C(O)=C(C(=O)O)C(=O)[C@H]1CC=C(C)C. The highest BCUT2D eigenvalue weighted by atomic mass is 16.4. The van der Waals surface area contributed by atoms with Gasteiger partial charge in [-0.05, 0) is 34.1 Å². The molecule has 1 rings (SSSR count). The number of aliphatic hydroxyl groups is 2. The molecule has 0 aromatic rings. The molecule has 0 unspecified atom stereocenters. The van der Waals surface area contributed by atoms with E-state index in [0.717, 1.165) is 11.1 Å². The van der Waals surface area contributed by atoms with Gasteiger partial charge in [0.2, 0.25) is 0 Å². The lowest BCUT2D eigenvalue weighted by Crippen LogP contribution is -2.46. The topological polar surface area (TPSA) is 112 Å². The van der Waals surface area contributed by atoms with Gasteiger partial charge in [-0.1, -0.05) is 23.3 Å². The van der Waals surface area contributed by atoms with Crippen LogP contribution < -0.4 is 0 Å². The highest BCUT2D eigenvalue weighted by Crippen LogP contribution is 2.40. The fourth-order valence-corrected chi connectivity index (χ4v) is 2.45. The second-order valence-electron chi connectivity index (χ2n) is 6.14. The zero-order valence-corrected chi connectivity index (χ0v) is 13.7. The van der Waals surface area contributed by atoms with Gasteiger partial charge in [-0.2, -0.15) is 0 Å². The molecule has 0 radical (unpaired) electrons. The standard InChI is InChI=1S/C17H22O6/c1-9(2)5-7-11-14(19)13(16(21)22)15(20)17(11,23)12(18)8-6-10(3)4/h5-6,11,20,23H,7-8H2,1-4H3,(H,21,22)/t11-,17+/m1/s1. The number of carboxylic acids is 1. The Kier molecular flexibility index (Phi) is 5.66. The first-order chi connectivity index (χ1) is 10.5. The number of carboxylic acid groups (broad SMARTS) is 1. The maximum Gasteiger partial charge on any atom is 0.342 e. The predicted molar refractivity (Wildman–Crippen MR) is 83.8 cm³/mol. The molecule has 0 bridgehead atoms. The van der Waals surface area contributed by atoms with Crippen LogP contribution in [0.5, 0.6) is 0 Å². The number of allylic oxidation sites excluding steroid dienone is 4. The minimum atomic E-state index is -2.50. The highest BCUT2D eigenvalue weighted by Gasteiger charge is 2.58. The van der Waals surface area contributed by atoms with Crippen LogP contribution in [-0.2, 0) is 14.4 Å². The number of carbonyl (C=O) groups is 3. The fourth-order valence-electron chi connectivity index (χ4n) is 2.45. The van der Waals surface area contributed by atoms with Gasteiger partial charge in [0, 0.05) is 6.42 Å². The van der Waals surface area contributed by atoms with Gasteiger partial charge in [0.15, 0.2) is 22.9 Å². The van der Waals surface area contributed by atoms with Crippen molar-refractivity contribution >= 4 is 17.5 Å². The first-order valence-electron chi connectivity index (χ1n) is 7.27. The number of ketones is 2. The smallest absolute Gasteiger partial charge is 0.342 e. The van der Waals surface area contributed by atoms with E-state index in [-0.39, 0.29) is 12.8 Å². The predicted octanol–water partition coefficient (Wildman–Crippen LogP) is 2.09. The van der Waals surface area contributed by atoms with Gasteiger partial charge in [-0.15, -0.1) is 0 Å². The Labute approximate surface area is 134 Å². The number of Topliss-reactive ketones (excluding diaryl/α,β-unsaturated/α-hetero) is 2. The van der Waals surface area contributed by atoms with Crippen molar-refractivity contribution in [3.05, 3.63) is 34.6 Å². The first kappa shape index (κ1) is 18.8. The van der Waals surface area contributed by atoms with Crippen LogP contribution >= 0.6 is 0 Å². The second-order valence-corrected chi connectivity index (χ2v) is 6.14. The van der Waals surface area contributed by atoms with Crippen LogP contribution in [0.4, 0.5) is 0 Å². The molecule has 6 nitrogen and oxygen atoms in total. The summed E-state index contributed by atoms with van der Waals surface area (Å²) < 4.78 is 0. The minimum Gasteiger partial charge on any atom is -0.508 e. The molecule has 126 valence electrons. The van der Waals surface area contributed by atoms with Crippen molar-refractivity contribution in [1.29, 1.82) is 0 Å². The van der Waals surface area contributed by atoms with E-state index in [1.54, 1.807) is 39.8 Å². The van der Waals surface area contributed by atoms with Gasteiger partial charge in [0.05, 0.1) is 5.92 Å². The molecule has 1 aliphatic carbocycles. The lowest BCUT2D eigenvalue weighted by molar-refractivity contribution is -0.144. The third kappa shape index (κ3) is 3.59. The molecule has 0 aromatic carbocycles. The normalized spacial score (nSPS) is 23.7. The van der Waals surface area contributed by atoms with E-state index in [4.69, 9.17) is 5.11 Å². The minimum absolute atomic E-state index is 0.0287. The van der Waals surface area contributed by atoms with Crippen molar-refractivity contribution in [2.75, 3.05) is 0 Å². The zero-order chi connectivity index (χ0) is 17.9. The van der Waals surface area contributed by atoms with Crippen molar-refractivity contribution < 1.29 is 29.7 Å². The Morgan fingerprint density at radius 1 is 1.13 bits per heavy atom. The van der Waals surface area contributed by atoms with Crippen LogP contribution in [0.25, 0.3) is 0 Å². The molecule has 1 aliphatic rings. The molecule has 0 saturated heterocycles. The number of aliphatic hydroxyl groups excluding tert-OH is 1. The Morgan fingerprint density at radius 2 is 1.65 bits per heavy atom. The molecular weight excluding hydrogens is 300 g/mol. The van der Waals surface area contributed by atoms with Crippen molar-refractivity contribution in [3.63, 3.8) is 0 Å². The van der Waals surface area contributed by atoms with Crippen molar-refractivity contribution in [2.45, 2.75) is 46.1 Å².